The summed E-state index contributed by atoms with van der Waals surface area (Å²) >= 11 is 6.07. The van der Waals surface area contributed by atoms with Crippen LogP contribution in [0.15, 0.2) is 73.4 Å². The van der Waals surface area contributed by atoms with Gasteiger partial charge in [0.2, 0.25) is 5.95 Å². The van der Waals surface area contributed by atoms with Crippen LogP contribution in [0.2, 0.25) is 5.02 Å². The van der Waals surface area contributed by atoms with Gasteiger partial charge in [0.1, 0.15) is 12.1 Å². The molecule has 2 N–H and O–H groups in total. The molecule has 0 radical (unpaired) electrons. The van der Waals surface area contributed by atoms with Crippen molar-refractivity contribution < 1.29 is 0 Å². The highest BCUT2D eigenvalue weighted by atomic mass is 35.5. The quantitative estimate of drug-likeness (QED) is 0.396. The van der Waals surface area contributed by atoms with Crippen molar-refractivity contribution in [3.05, 3.63) is 78.5 Å². The van der Waals surface area contributed by atoms with E-state index in [1.807, 2.05) is 54.7 Å². The number of imidazole rings is 1. The number of halogens is 1. The molecule has 0 fully saturated rings. The van der Waals surface area contributed by atoms with Crippen LogP contribution in [0.25, 0.3) is 27.8 Å². The minimum atomic E-state index is 0.582. The molecule has 0 amide bonds. The predicted octanol–water partition coefficient (Wildman–Crippen LogP) is 4.54. The highest BCUT2D eigenvalue weighted by Crippen LogP contribution is 2.24. The number of pyridine rings is 1. The molecule has 8 heteroatoms. The molecule has 0 saturated carbocycles. The van der Waals surface area contributed by atoms with Crippen LogP contribution >= 0.6 is 11.6 Å². The Morgan fingerprint density at radius 3 is 2.67 bits per heavy atom. The molecule has 7 nitrogen and oxygen atoms in total. The molecule has 0 unspecified atom stereocenters. The number of para-hydroxylation sites is 1. The zero-order valence-corrected chi connectivity index (χ0v) is 16.7. The molecule has 30 heavy (non-hydrogen) atoms. The first-order valence-corrected chi connectivity index (χ1v) is 9.93. The number of hydrogen-bond acceptors (Lipinski definition) is 6. The first-order valence-electron chi connectivity index (χ1n) is 9.55. The average molecular weight is 416 g/mol. The standard InChI is InChI=1S/C22H18ClN7/c23-15-5-6-16-18(7-8-25-20(16)13-15)26-9-10-27-21-17-3-1-2-4-19(17)28-22(29-21)30-12-11-24-14-30/h1-8,11-14H,9-10H2,(H,25,26)(H,27,28,29). The van der Waals surface area contributed by atoms with E-state index in [1.165, 1.54) is 0 Å². The average Bonchev–Trinajstić information content (AvgIpc) is 3.31. The Balaban J connectivity index is 1.35. The maximum Gasteiger partial charge on any atom is 0.237 e. The number of aromatic nitrogens is 5. The van der Waals surface area contributed by atoms with Crippen LogP contribution in [-0.2, 0) is 0 Å². The lowest BCUT2D eigenvalue weighted by Crippen LogP contribution is -2.15. The molecular formula is C22H18ClN7. The Morgan fingerprint density at radius 2 is 1.77 bits per heavy atom. The van der Waals surface area contributed by atoms with Crippen LogP contribution in [0.1, 0.15) is 0 Å². The molecule has 2 aromatic carbocycles. The maximum absolute atomic E-state index is 6.07. The molecular weight excluding hydrogens is 398 g/mol. The summed E-state index contributed by atoms with van der Waals surface area (Å²) in [7, 11) is 0. The van der Waals surface area contributed by atoms with Gasteiger partial charge >= 0.3 is 0 Å². The van der Waals surface area contributed by atoms with Crippen molar-refractivity contribution in [3.63, 3.8) is 0 Å². The lowest BCUT2D eigenvalue weighted by Gasteiger charge is -2.13. The molecule has 0 aliphatic heterocycles. The van der Waals surface area contributed by atoms with Gasteiger partial charge in [0.05, 0.1) is 11.0 Å². The molecule has 0 spiro atoms. The SMILES string of the molecule is Clc1ccc2c(NCCNc3nc(-n4ccnc4)nc4ccccc34)ccnc2c1. The van der Waals surface area contributed by atoms with Crippen LogP contribution in [-0.4, -0.2) is 37.6 Å². The van der Waals surface area contributed by atoms with E-state index in [2.05, 4.69) is 25.6 Å². The summed E-state index contributed by atoms with van der Waals surface area (Å²) in [5.41, 5.74) is 2.76. The second-order valence-corrected chi connectivity index (χ2v) is 7.17. The van der Waals surface area contributed by atoms with E-state index in [1.54, 1.807) is 23.3 Å². The Labute approximate surface area is 177 Å². The normalized spacial score (nSPS) is 11.1. The van der Waals surface area contributed by atoms with Gasteiger partial charge < -0.3 is 10.6 Å². The molecule has 0 atom stereocenters. The van der Waals surface area contributed by atoms with Crippen molar-refractivity contribution in [2.45, 2.75) is 0 Å². The maximum atomic E-state index is 6.07. The second kappa shape index (κ2) is 7.96. The molecule has 0 aliphatic carbocycles. The lowest BCUT2D eigenvalue weighted by molar-refractivity contribution is 0.936. The lowest BCUT2D eigenvalue weighted by atomic mass is 10.2. The molecule has 5 rings (SSSR count). The van der Waals surface area contributed by atoms with Gasteiger partial charge in [0.15, 0.2) is 0 Å². The zero-order chi connectivity index (χ0) is 20.3. The molecule has 0 bridgehead atoms. The van der Waals surface area contributed by atoms with E-state index < -0.39 is 0 Å². The number of hydrogen-bond donors (Lipinski definition) is 2. The van der Waals surface area contributed by atoms with Crippen molar-refractivity contribution in [1.29, 1.82) is 0 Å². The van der Waals surface area contributed by atoms with E-state index in [0.717, 1.165) is 33.3 Å². The molecule has 3 heterocycles. The van der Waals surface area contributed by atoms with Crippen molar-refractivity contribution in [3.8, 4) is 5.95 Å². The highest BCUT2D eigenvalue weighted by molar-refractivity contribution is 6.31. The van der Waals surface area contributed by atoms with E-state index >= 15 is 0 Å². The first kappa shape index (κ1) is 18.3. The van der Waals surface area contributed by atoms with Crippen LogP contribution in [0.3, 0.4) is 0 Å². The van der Waals surface area contributed by atoms with Crippen molar-refractivity contribution in [1.82, 2.24) is 24.5 Å². The van der Waals surface area contributed by atoms with Gasteiger partial charge in [-0.1, -0.05) is 23.7 Å². The van der Waals surface area contributed by atoms with Gasteiger partial charge in [0, 0.05) is 53.2 Å². The number of rotatable bonds is 6. The van der Waals surface area contributed by atoms with E-state index in [0.29, 0.717) is 24.1 Å². The van der Waals surface area contributed by atoms with Gasteiger partial charge in [-0.2, -0.15) is 4.98 Å². The number of anilines is 2. The van der Waals surface area contributed by atoms with Gasteiger partial charge in [-0.25, -0.2) is 9.97 Å². The molecule has 148 valence electrons. The predicted molar refractivity (Wildman–Crippen MR) is 120 cm³/mol. The Bertz CT molecular complexity index is 1320. The topological polar surface area (TPSA) is 80.5 Å². The minimum absolute atomic E-state index is 0.582. The minimum Gasteiger partial charge on any atom is -0.383 e. The Hall–Kier alpha value is -3.71. The summed E-state index contributed by atoms with van der Waals surface area (Å²) in [6.45, 7) is 1.39. The Morgan fingerprint density at radius 1 is 0.867 bits per heavy atom. The molecule has 0 saturated heterocycles. The van der Waals surface area contributed by atoms with Gasteiger partial charge in [-0.3, -0.25) is 9.55 Å². The van der Waals surface area contributed by atoms with Gasteiger partial charge in [-0.15, -0.1) is 0 Å². The third-order valence-electron chi connectivity index (χ3n) is 4.76. The third kappa shape index (κ3) is 3.62. The van der Waals surface area contributed by atoms with Gasteiger partial charge in [0.25, 0.3) is 0 Å². The fourth-order valence-corrected chi connectivity index (χ4v) is 3.51. The summed E-state index contributed by atoms with van der Waals surface area (Å²) in [4.78, 5) is 17.8. The smallest absolute Gasteiger partial charge is 0.237 e. The summed E-state index contributed by atoms with van der Waals surface area (Å²) in [6.07, 6.45) is 7.01. The zero-order valence-electron chi connectivity index (χ0n) is 16.0. The fraction of sp³-hybridized carbons (Fsp3) is 0.0909. The molecule has 0 aliphatic rings. The van der Waals surface area contributed by atoms with Crippen LogP contribution in [0.5, 0.6) is 0 Å². The summed E-state index contributed by atoms with van der Waals surface area (Å²) in [5.74, 6) is 1.37. The summed E-state index contributed by atoms with van der Waals surface area (Å²) in [5, 5.41) is 9.59. The van der Waals surface area contributed by atoms with E-state index in [4.69, 9.17) is 16.6 Å². The third-order valence-corrected chi connectivity index (χ3v) is 5.00. The number of nitrogens with one attached hydrogen (secondary N) is 2. The van der Waals surface area contributed by atoms with Crippen LogP contribution in [0, 0.1) is 0 Å². The van der Waals surface area contributed by atoms with Crippen LogP contribution < -0.4 is 10.6 Å². The van der Waals surface area contributed by atoms with Crippen LogP contribution in [0.4, 0.5) is 11.5 Å². The van der Waals surface area contributed by atoms with Crippen molar-refractivity contribution in [2.75, 3.05) is 23.7 Å². The monoisotopic (exact) mass is 415 g/mol. The summed E-state index contributed by atoms with van der Waals surface area (Å²) in [6, 6.07) is 15.6. The van der Waals surface area contributed by atoms with Crippen molar-refractivity contribution in [2.24, 2.45) is 0 Å². The number of benzene rings is 2. The second-order valence-electron chi connectivity index (χ2n) is 6.73. The number of fused-ring (bicyclic) bond motifs is 2. The first-order chi connectivity index (χ1) is 14.8. The highest BCUT2D eigenvalue weighted by Gasteiger charge is 2.09. The Kier molecular flexibility index (Phi) is 4.86. The molecule has 5 aromatic rings. The largest absolute Gasteiger partial charge is 0.383 e. The van der Waals surface area contributed by atoms with E-state index in [9.17, 15) is 0 Å². The van der Waals surface area contributed by atoms with Crippen molar-refractivity contribution >= 4 is 44.9 Å². The van der Waals surface area contributed by atoms with E-state index in [-0.39, 0.29) is 0 Å². The number of nitrogens with zero attached hydrogens (tertiary/aromatic N) is 5. The summed E-state index contributed by atoms with van der Waals surface area (Å²) < 4.78 is 1.80. The molecule has 3 aromatic heterocycles. The van der Waals surface area contributed by atoms with Gasteiger partial charge in [-0.05, 0) is 36.4 Å². The fourth-order valence-electron chi connectivity index (χ4n) is 3.35.